The molecule has 1 aliphatic rings. The minimum atomic E-state index is -0.233. The lowest BCUT2D eigenvalue weighted by Crippen LogP contribution is -2.43. The van der Waals surface area contributed by atoms with Crippen LogP contribution in [0, 0.1) is 0 Å². The number of benzene rings is 2. The van der Waals surface area contributed by atoms with Gasteiger partial charge in [0.2, 0.25) is 0 Å². The van der Waals surface area contributed by atoms with Crippen molar-refractivity contribution < 1.29 is 14.3 Å². The summed E-state index contributed by atoms with van der Waals surface area (Å²) in [7, 11) is 3.87. The lowest BCUT2D eigenvalue weighted by Gasteiger charge is -2.27. The van der Waals surface area contributed by atoms with Crippen LogP contribution >= 0.6 is 15.9 Å². The summed E-state index contributed by atoms with van der Waals surface area (Å²) < 4.78 is 13.5. The summed E-state index contributed by atoms with van der Waals surface area (Å²) in [4.78, 5) is 34.5. The molecule has 0 atom stereocenters. The van der Waals surface area contributed by atoms with Crippen LogP contribution in [0.3, 0.4) is 0 Å². The zero-order valence-electron chi connectivity index (χ0n) is 21.4. The van der Waals surface area contributed by atoms with Crippen molar-refractivity contribution >= 4 is 44.6 Å². The van der Waals surface area contributed by atoms with Gasteiger partial charge in [0.25, 0.3) is 11.5 Å². The number of nitrogens with zero attached hydrogens (tertiary/aromatic N) is 5. The average Bonchev–Trinajstić information content (AvgIpc) is 2.91. The van der Waals surface area contributed by atoms with Crippen molar-refractivity contribution in [3.05, 3.63) is 62.6 Å². The maximum absolute atomic E-state index is 13.4. The summed E-state index contributed by atoms with van der Waals surface area (Å²) in [5.41, 5.74) is 1.99. The minimum Gasteiger partial charge on any atom is -0.483 e. The van der Waals surface area contributed by atoms with Gasteiger partial charge in [-0.15, -0.1) is 0 Å². The highest BCUT2D eigenvalue weighted by Crippen LogP contribution is 2.24. The third-order valence-corrected chi connectivity index (χ3v) is 6.66. The fourth-order valence-corrected chi connectivity index (χ4v) is 4.37. The lowest BCUT2D eigenvalue weighted by molar-refractivity contribution is -0.137. The summed E-state index contributed by atoms with van der Waals surface area (Å²) in [5, 5.41) is 5.04. The zero-order valence-corrected chi connectivity index (χ0v) is 23.0. The number of halogens is 1. The van der Waals surface area contributed by atoms with Crippen molar-refractivity contribution in [2.24, 2.45) is 5.10 Å². The number of rotatable bonds is 9. The number of carbonyl (C=O) groups is 1. The van der Waals surface area contributed by atoms with Gasteiger partial charge >= 0.3 is 0 Å². The first-order valence-electron chi connectivity index (χ1n) is 12.4. The molecule has 10 heteroatoms. The topological polar surface area (TPSA) is 89.3 Å². The molecule has 0 N–H and O–H groups in total. The molecule has 1 fully saturated rings. The fourth-order valence-electron chi connectivity index (χ4n) is 4.01. The SMILES string of the molecule is CCCCc1nc2ccc(Br)cc2c(=O)n1N=Cc1ccc(N(C)C)cc1OCC(=O)N1CCOCC1. The van der Waals surface area contributed by atoms with Crippen molar-refractivity contribution in [2.75, 3.05) is 51.9 Å². The molecule has 2 heterocycles. The van der Waals surface area contributed by atoms with Gasteiger partial charge in [0.1, 0.15) is 11.6 Å². The average molecular weight is 570 g/mol. The second-order valence-electron chi connectivity index (χ2n) is 9.05. The molecule has 1 aliphatic heterocycles. The smallest absolute Gasteiger partial charge is 0.282 e. The third-order valence-electron chi connectivity index (χ3n) is 6.17. The Hall–Kier alpha value is -3.24. The van der Waals surface area contributed by atoms with E-state index in [0.29, 0.717) is 60.8 Å². The van der Waals surface area contributed by atoms with Gasteiger partial charge < -0.3 is 19.3 Å². The molecule has 0 unspecified atom stereocenters. The number of hydrogen-bond donors (Lipinski definition) is 0. The molecule has 0 saturated carbocycles. The maximum atomic E-state index is 13.4. The molecular formula is C27H32BrN5O4. The predicted octanol–water partition coefficient (Wildman–Crippen LogP) is 3.69. The number of aromatic nitrogens is 2. The van der Waals surface area contributed by atoms with Gasteiger partial charge in [-0.1, -0.05) is 29.3 Å². The Kier molecular flexibility index (Phi) is 8.94. The highest BCUT2D eigenvalue weighted by atomic mass is 79.9. The van der Waals surface area contributed by atoms with Crippen LogP contribution in [0.4, 0.5) is 5.69 Å². The van der Waals surface area contributed by atoms with Crippen molar-refractivity contribution in [3.8, 4) is 5.75 Å². The number of aryl methyl sites for hydroxylation is 1. The number of ether oxygens (including phenoxy) is 2. The molecule has 1 amide bonds. The Morgan fingerprint density at radius 3 is 2.73 bits per heavy atom. The van der Waals surface area contributed by atoms with Crippen LogP contribution in [0.25, 0.3) is 10.9 Å². The maximum Gasteiger partial charge on any atom is 0.282 e. The van der Waals surface area contributed by atoms with E-state index < -0.39 is 0 Å². The molecule has 2 aromatic carbocycles. The molecule has 0 radical (unpaired) electrons. The molecule has 196 valence electrons. The highest BCUT2D eigenvalue weighted by molar-refractivity contribution is 9.10. The summed E-state index contributed by atoms with van der Waals surface area (Å²) in [6.07, 6.45) is 4.08. The van der Waals surface area contributed by atoms with Crippen molar-refractivity contribution in [1.29, 1.82) is 0 Å². The molecule has 0 bridgehead atoms. The Labute approximate surface area is 224 Å². The van der Waals surface area contributed by atoms with Crippen LogP contribution in [0.15, 0.2) is 50.8 Å². The van der Waals surface area contributed by atoms with Crippen molar-refractivity contribution in [3.63, 3.8) is 0 Å². The molecule has 3 aromatic rings. The van der Waals surface area contributed by atoms with E-state index in [9.17, 15) is 9.59 Å². The minimum absolute atomic E-state index is 0.0923. The van der Waals surface area contributed by atoms with E-state index in [4.69, 9.17) is 14.5 Å². The molecule has 0 spiro atoms. The quantitative estimate of drug-likeness (QED) is 0.365. The van der Waals surface area contributed by atoms with E-state index in [1.54, 1.807) is 17.2 Å². The normalized spacial score (nSPS) is 13.9. The number of fused-ring (bicyclic) bond motifs is 1. The summed E-state index contributed by atoms with van der Waals surface area (Å²) in [5.74, 6) is 1.02. The Balaban J connectivity index is 1.67. The van der Waals surface area contributed by atoms with Crippen LogP contribution in [-0.4, -0.2) is 73.7 Å². The molecule has 37 heavy (non-hydrogen) atoms. The summed E-state index contributed by atoms with van der Waals surface area (Å²) in [6.45, 7) is 4.19. The number of amides is 1. The van der Waals surface area contributed by atoms with Gasteiger partial charge in [-0.2, -0.15) is 9.78 Å². The first-order chi connectivity index (χ1) is 17.9. The Morgan fingerprint density at radius 1 is 1.22 bits per heavy atom. The van der Waals surface area contributed by atoms with Gasteiger partial charge in [-0.05, 0) is 36.8 Å². The molecule has 9 nitrogen and oxygen atoms in total. The van der Waals surface area contributed by atoms with Crippen molar-refractivity contribution in [1.82, 2.24) is 14.6 Å². The number of hydrogen-bond acceptors (Lipinski definition) is 7. The van der Waals surface area contributed by atoms with Crippen LogP contribution in [0.1, 0.15) is 31.2 Å². The number of unbranched alkanes of at least 4 members (excludes halogenated alkanes) is 1. The van der Waals surface area contributed by atoms with Crippen LogP contribution in [0.5, 0.6) is 5.75 Å². The largest absolute Gasteiger partial charge is 0.483 e. The van der Waals surface area contributed by atoms with Gasteiger partial charge in [-0.3, -0.25) is 9.59 Å². The van der Waals surface area contributed by atoms with Gasteiger partial charge in [0.15, 0.2) is 6.61 Å². The monoisotopic (exact) mass is 569 g/mol. The van der Waals surface area contributed by atoms with E-state index in [2.05, 4.69) is 28.0 Å². The number of carbonyl (C=O) groups excluding carboxylic acids is 1. The van der Waals surface area contributed by atoms with E-state index >= 15 is 0 Å². The standard InChI is InChI=1S/C27H32BrN5O4/c1-4-5-6-25-30-23-10-8-20(28)15-22(23)27(35)33(25)29-17-19-7-9-21(31(2)3)16-24(19)37-18-26(34)32-11-13-36-14-12-32/h7-10,15-17H,4-6,11-14,18H2,1-3H3. The molecule has 4 rings (SSSR count). The van der Waals surface area contributed by atoms with E-state index in [0.717, 1.165) is 23.0 Å². The van der Waals surface area contributed by atoms with E-state index in [-0.39, 0.29) is 18.1 Å². The summed E-state index contributed by atoms with van der Waals surface area (Å²) >= 11 is 3.44. The Morgan fingerprint density at radius 2 is 2.00 bits per heavy atom. The van der Waals surface area contributed by atoms with Crippen LogP contribution in [-0.2, 0) is 16.0 Å². The van der Waals surface area contributed by atoms with E-state index in [1.807, 2.05) is 49.3 Å². The predicted molar refractivity (Wildman–Crippen MR) is 149 cm³/mol. The second-order valence-corrected chi connectivity index (χ2v) is 9.97. The lowest BCUT2D eigenvalue weighted by atomic mass is 10.2. The van der Waals surface area contributed by atoms with Gasteiger partial charge in [0, 0.05) is 55.4 Å². The molecule has 0 aliphatic carbocycles. The fraction of sp³-hybridized carbons (Fsp3) is 0.407. The second kappa shape index (κ2) is 12.3. The van der Waals surface area contributed by atoms with E-state index in [1.165, 1.54) is 4.68 Å². The zero-order chi connectivity index (χ0) is 26.4. The summed E-state index contributed by atoms with van der Waals surface area (Å²) in [6, 6.07) is 11.1. The third kappa shape index (κ3) is 6.56. The van der Waals surface area contributed by atoms with Crippen molar-refractivity contribution in [2.45, 2.75) is 26.2 Å². The first kappa shape index (κ1) is 26.8. The highest BCUT2D eigenvalue weighted by Gasteiger charge is 2.18. The number of morpholine rings is 1. The molecule has 1 aromatic heterocycles. The Bertz CT molecular complexity index is 1350. The molecular weight excluding hydrogens is 538 g/mol. The van der Waals surface area contributed by atoms with Gasteiger partial charge in [-0.25, -0.2) is 4.98 Å². The molecule has 1 saturated heterocycles. The number of anilines is 1. The van der Waals surface area contributed by atoms with Gasteiger partial charge in [0.05, 0.1) is 30.3 Å². The van der Waals surface area contributed by atoms with Crippen LogP contribution in [0.2, 0.25) is 0 Å². The first-order valence-corrected chi connectivity index (χ1v) is 13.2. The van der Waals surface area contributed by atoms with Crippen LogP contribution < -0.4 is 15.2 Å².